The maximum absolute atomic E-state index is 14.0. The third-order valence-corrected chi connectivity index (χ3v) is 12.0. The number of imidazole rings is 2. The maximum atomic E-state index is 14.0. The highest BCUT2D eigenvalue weighted by Crippen LogP contribution is 2.37. The van der Waals surface area contributed by atoms with Gasteiger partial charge in [-0.2, -0.15) is 0 Å². The number of likely N-dealkylation sites (tertiary alicyclic amines) is 2. The summed E-state index contributed by atoms with van der Waals surface area (Å²) in [6.07, 6.45) is 9.11. The molecular formula is C48H48N8O6. The van der Waals surface area contributed by atoms with Gasteiger partial charge in [-0.05, 0) is 92.1 Å². The molecule has 4 aromatic rings. The Morgan fingerprint density at radius 3 is 1.74 bits per heavy atom. The molecule has 316 valence electrons. The molecule has 5 heterocycles. The van der Waals surface area contributed by atoms with E-state index in [0.29, 0.717) is 30.4 Å². The number of ether oxygens (including phenoxy) is 2. The number of aromatic nitrogens is 4. The van der Waals surface area contributed by atoms with Crippen LogP contribution in [-0.2, 0) is 28.7 Å². The monoisotopic (exact) mass is 832 g/mol. The number of amides is 4. The summed E-state index contributed by atoms with van der Waals surface area (Å²) in [7, 11) is 0. The molecule has 3 saturated heterocycles. The first-order valence-electron chi connectivity index (χ1n) is 21.6. The number of carbonyl (C=O) groups excluding carboxylic acids is 4. The number of H-pyrrole nitrogens is 2. The van der Waals surface area contributed by atoms with Gasteiger partial charge in [0.1, 0.15) is 41.6 Å². The zero-order valence-corrected chi connectivity index (χ0v) is 34.3. The van der Waals surface area contributed by atoms with Crippen molar-refractivity contribution in [3.8, 4) is 35.5 Å². The number of nitrogens with zero attached hydrogens (tertiary/aromatic N) is 4. The lowest BCUT2D eigenvalue weighted by Crippen LogP contribution is -2.43. The normalized spacial score (nSPS) is 22.8. The number of hydrogen-bond acceptors (Lipinski definition) is 8. The Morgan fingerprint density at radius 1 is 0.645 bits per heavy atom. The van der Waals surface area contributed by atoms with E-state index in [9.17, 15) is 19.2 Å². The van der Waals surface area contributed by atoms with E-state index < -0.39 is 18.2 Å². The average Bonchev–Trinajstić information content (AvgIpc) is 4.07. The molecule has 2 aromatic carbocycles. The van der Waals surface area contributed by atoms with Crippen LogP contribution in [-0.4, -0.2) is 85.8 Å². The summed E-state index contributed by atoms with van der Waals surface area (Å²) >= 11 is 0. The quantitative estimate of drug-likeness (QED) is 0.160. The Morgan fingerprint density at radius 2 is 1.19 bits per heavy atom. The Balaban J connectivity index is 0.766. The van der Waals surface area contributed by atoms with Gasteiger partial charge in [0.05, 0.1) is 43.4 Å². The molecule has 4 amide bonds. The van der Waals surface area contributed by atoms with E-state index in [4.69, 9.17) is 9.47 Å². The van der Waals surface area contributed by atoms with Crippen LogP contribution < -0.4 is 10.6 Å². The highest BCUT2D eigenvalue weighted by molar-refractivity contribution is 5.91. The first kappa shape index (κ1) is 40.7. The lowest BCUT2D eigenvalue weighted by Gasteiger charge is -2.29. The van der Waals surface area contributed by atoms with Crippen LogP contribution in [0.5, 0.6) is 0 Å². The van der Waals surface area contributed by atoms with Crippen molar-refractivity contribution in [2.75, 3.05) is 26.3 Å². The fraction of sp³-hybridized carbons (Fsp3) is 0.417. The Bertz CT molecular complexity index is 2470. The molecule has 5 aliphatic rings. The zero-order chi connectivity index (χ0) is 42.4. The SMILES string of the molecule is O=C(N[C@@H](C(=O)N1CCC[C@H]1c1ncc(C#CC#CC#CC2COC(c3cnc([C@@H]4CCCN4C(=O)[C@H](NC(=O)C4CC4)c4ccccc4)[nH]3)CO2)[nH]1)c1ccccc1)C1CC1. The smallest absolute Gasteiger partial charge is 0.250 e. The third kappa shape index (κ3) is 9.45. The summed E-state index contributed by atoms with van der Waals surface area (Å²) in [6.45, 7) is 1.65. The number of rotatable bonds is 11. The molecule has 14 heteroatoms. The van der Waals surface area contributed by atoms with Crippen molar-refractivity contribution in [2.45, 2.75) is 87.7 Å². The van der Waals surface area contributed by atoms with Crippen LogP contribution in [0, 0.1) is 47.4 Å². The number of hydrogen-bond donors (Lipinski definition) is 4. The largest absolute Gasteiger partial charge is 0.366 e. The van der Waals surface area contributed by atoms with Crippen LogP contribution >= 0.6 is 0 Å². The van der Waals surface area contributed by atoms with Gasteiger partial charge in [0.2, 0.25) is 23.6 Å². The highest BCUT2D eigenvalue weighted by Gasteiger charge is 2.41. The molecule has 4 N–H and O–H groups in total. The number of benzene rings is 2. The van der Waals surface area contributed by atoms with Gasteiger partial charge >= 0.3 is 0 Å². The second-order valence-electron chi connectivity index (χ2n) is 16.5. The molecule has 6 atom stereocenters. The third-order valence-electron chi connectivity index (χ3n) is 12.0. The molecule has 62 heavy (non-hydrogen) atoms. The maximum Gasteiger partial charge on any atom is 0.250 e. The van der Waals surface area contributed by atoms with Crippen molar-refractivity contribution in [1.82, 2.24) is 40.4 Å². The van der Waals surface area contributed by atoms with Crippen LogP contribution in [0.1, 0.15) is 116 Å². The van der Waals surface area contributed by atoms with E-state index in [1.807, 2.05) is 65.6 Å². The standard InChI is InChI=1S/C48H48N8O6/c57-45(33-21-22-33)53-41(31-13-5-3-6-14-31)47(59)55-25-11-19-38(55)43-49-27-35(51-43)17-9-1-2-10-18-36-29-62-40(30-61-36)37-28-50-44(52-37)39-20-12-26-56(39)48(60)42(32-15-7-4-8-16-32)54-46(58)34-23-24-34/h3-8,13-16,27-28,33-34,36,38-42H,11-12,19-26,29-30H2,(H,49,51)(H,50,52)(H,53,57)(H,54,58)/t36?,38-,39-,40?,41+,42+/m0/s1. The predicted molar refractivity (Wildman–Crippen MR) is 226 cm³/mol. The van der Waals surface area contributed by atoms with E-state index in [-0.39, 0.29) is 66.9 Å². The Kier molecular flexibility index (Phi) is 12.2. The molecule has 0 spiro atoms. The van der Waals surface area contributed by atoms with Crippen LogP contribution in [0.25, 0.3) is 0 Å². The van der Waals surface area contributed by atoms with Gasteiger partial charge in [-0.3, -0.25) is 19.2 Å². The number of nitrogens with one attached hydrogen (secondary N) is 4. The van der Waals surface area contributed by atoms with Gasteiger partial charge in [0.15, 0.2) is 0 Å². The Labute approximate surface area is 360 Å². The predicted octanol–water partition coefficient (Wildman–Crippen LogP) is 4.51. The average molecular weight is 833 g/mol. The van der Waals surface area contributed by atoms with Crippen molar-refractivity contribution in [2.24, 2.45) is 11.8 Å². The molecule has 9 rings (SSSR count). The number of carbonyl (C=O) groups is 4. The first-order valence-corrected chi connectivity index (χ1v) is 21.6. The van der Waals surface area contributed by atoms with Crippen LogP contribution in [0.3, 0.4) is 0 Å². The summed E-state index contributed by atoms with van der Waals surface area (Å²) in [5, 5.41) is 6.02. The van der Waals surface area contributed by atoms with Crippen LogP contribution in [0.2, 0.25) is 0 Å². The van der Waals surface area contributed by atoms with Gasteiger partial charge in [0.25, 0.3) is 0 Å². The van der Waals surface area contributed by atoms with Gasteiger partial charge in [-0.1, -0.05) is 66.6 Å². The van der Waals surface area contributed by atoms with Gasteiger partial charge < -0.3 is 39.9 Å². The summed E-state index contributed by atoms with van der Waals surface area (Å²) in [4.78, 5) is 72.9. The van der Waals surface area contributed by atoms with E-state index in [1.165, 1.54) is 0 Å². The number of aromatic amines is 2. The van der Waals surface area contributed by atoms with Crippen molar-refractivity contribution < 1.29 is 28.7 Å². The fourth-order valence-corrected chi connectivity index (χ4v) is 8.34. The second kappa shape index (κ2) is 18.5. The summed E-state index contributed by atoms with van der Waals surface area (Å²) in [5.74, 6) is 17.9. The molecular weight excluding hydrogens is 785 g/mol. The van der Waals surface area contributed by atoms with Gasteiger partial charge in [-0.15, -0.1) is 0 Å². The summed E-state index contributed by atoms with van der Waals surface area (Å²) in [5.41, 5.74) is 2.85. The molecule has 0 radical (unpaired) electrons. The highest BCUT2D eigenvalue weighted by atomic mass is 16.6. The zero-order valence-electron chi connectivity index (χ0n) is 34.3. The molecule has 2 aromatic heterocycles. The summed E-state index contributed by atoms with van der Waals surface area (Å²) in [6, 6.07) is 16.8. The topological polar surface area (TPSA) is 175 Å². The lowest BCUT2D eigenvalue weighted by atomic mass is 10.0. The first-order chi connectivity index (χ1) is 30.4. The molecule has 2 saturated carbocycles. The molecule has 0 bridgehead atoms. The molecule has 3 aliphatic heterocycles. The van der Waals surface area contributed by atoms with E-state index >= 15 is 0 Å². The van der Waals surface area contributed by atoms with Crippen LogP contribution in [0.4, 0.5) is 0 Å². The van der Waals surface area contributed by atoms with E-state index in [1.54, 1.807) is 17.3 Å². The van der Waals surface area contributed by atoms with Gasteiger partial charge in [0, 0.05) is 24.9 Å². The minimum atomic E-state index is -0.756. The van der Waals surface area contributed by atoms with Crippen molar-refractivity contribution in [3.63, 3.8) is 0 Å². The second-order valence-corrected chi connectivity index (χ2v) is 16.5. The fourth-order valence-electron chi connectivity index (χ4n) is 8.34. The van der Waals surface area contributed by atoms with E-state index in [2.05, 4.69) is 66.1 Å². The van der Waals surface area contributed by atoms with Gasteiger partial charge in [-0.25, -0.2) is 9.97 Å². The van der Waals surface area contributed by atoms with E-state index in [0.717, 1.165) is 68.2 Å². The minimum absolute atomic E-state index is 0.0133. The molecule has 2 aliphatic carbocycles. The van der Waals surface area contributed by atoms with Crippen molar-refractivity contribution in [1.29, 1.82) is 0 Å². The summed E-state index contributed by atoms with van der Waals surface area (Å²) < 4.78 is 12.1. The molecule has 5 fully saturated rings. The molecule has 14 nitrogen and oxygen atoms in total. The lowest BCUT2D eigenvalue weighted by molar-refractivity contribution is -0.138. The molecule has 2 unspecified atom stereocenters. The van der Waals surface area contributed by atoms with Crippen molar-refractivity contribution >= 4 is 23.6 Å². The van der Waals surface area contributed by atoms with Crippen molar-refractivity contribution in [3.05, 3.63) is 107 Å². The van der Waals surface area contributed by atoms with Crippen LogP contribution in [0.15, 0.2) is 73.1 Å². The Hall–Kier alpha value is -6.66. The minimum Gasteiger partial charge on any atom is -0.366 e.